The van der Waals surface area contributed by atoms with E-state index in [0.717, 1.165) is 0 Å². The molecule has 2 rings (SSSR count). The van der Waals surface area contributed by atoms with E-state index >= 15 is 0 Å². The Morgan fingerprint density at radius 1 is 1.17 bits per heavy atom. The van der Waals surface area contributed by atoms with Gasteiger partial charge in [-0.2, -0.15) is 0 Å². The molecule has 0 aliphatic heterocycles. The van der Waals surface area contributed by atoms with Gasteiger partial charge in [0.25, 0.3) is 0 Å². The van der Waals surface area contributed by atoms with Crippen molar-refractivity contribution in [2.45, 2.75) is 0 Å². The van der Waals surface area contributed by atoms with Crippen LogP contribution in [0, 0.1) is 0 Å². The number of carbonyl (C=O) groups excluding carboxylic acids is 2. The fourth-order valence-electron chi connectivity index (χ4n) is 1.83. The van der Waals surface area contributed by atoms with Crippen LogP contribution in [0.3, 0.4) is 0 Å². The van der Waals surface area contributed by atoms with Gasteiger partial charge in [0.15, 0.2) is 6.61 Å². The summed E-state index contributed by atoms with van der Waals surface area (Å²) in [5.74, 6) is 0.385. The Labute approximate surface area is 133 Å². The van der Waals surface area contributed by atoms with E-state index in [4.69, 9.17) is 18.6 Å². The number of benzene rings is 1. The lowest BCUT2D eigenvalue weighted by molar-refractivity contribution is -0.136. The Morgan fingerprint density at radius 3 is 2.65 bits per heavy atom. The van der Waals surface area contributed by atoms with Crippen LogP contribution in [0.15, 0.2) is 47.1 Å². The molecular weight excluding hydrogens is 300 g/mol. The van der Waals surface area contributed by atoms with Gasteiger partial charge in [-0.1, -0.05) is 0 Å². The molecule has 1 aromatic carbocycles. The van der Waals surface area contributed by atoms with Crippen molar-refractivity contribution in [3.05, 3.63) is 54.0 Å². The van der Waals surface area contributed by atoms with Crippen molar-refractivity contribution in [3.8, 4) is 11.5 Å². The van der Waals surface area contributed by atoms with Gasteiger partial charge < -0.3 is 18.6 Å². The van der Waals surface area contributed by atoms with E-state index < -0.39 is 12.6 Å². The quantitative estimate of drug-likeness (QED) is 0.444. The van der Waals surface area contributed by atoms with E-state index in [1.807, 2.05) is 0 Å². The lowest BCUT2D eigenvalue weighted by Crippen LogP contribution is -2.13. The van der Waals surface area contributed by atoms with E-state index in [-0.39, 0.29) is 11.3 Å². The first-order valence-electron chi connectivity index (χ1n) is 6.77. The summed E-state index contributed by atoms with van der Waals surface area (Å²) in [6.45, 7) is -0.398. The second kappa shape index (κ2) is 7.84. The summed E-state index contributed by atoms with van der Waals surface area (Å²) in [5, 5.41) is 0. The minimum absolute atomic E-state index is 0.287. The molecular formula is C17H16O6. The van der Waals surface area contributed by atoms with Crippen molar-refractivity contribution in [1.82, 2.24) is 0 Å². The summed E-state index contributed by atoms with van der Waals surface area (Å²) in [6.07, 6.45) is 4.14. The van der Waals surface area contributed by atoms with E-state index in [2.05, 4.69) is 0 Å². The first kappa shape index (κ1) is 16.4. The SMILES string of the molecule is COc1ccc(OC)c(C(=O)COC(=O)/C=C/c2ccco2)c1. The summed E-state index contributed by atoms with van der Waals surface area (Å²) in [7, 11) is 2.95. The monoisotopic (exact) mass is 316 g/mol. The molecule has 0 saturated carbocycles. The number of ketones is 1. The molecule has 0 N–H and O–H groups in total. The zero-order valence-corrected chi connectivity index (χ0v) is 12.8. The zero-order chi connectivity index (χ0) is 16.7. The maximum atomic E-state index is 12.2. The van der Waals surface area contributed by atoms with E-state index in [0.29, 0.717) is 17.3 Å². The summed E-state index contributed by atoms with van der Waals surface area (Å²) >= 11 is 0. The molecule has 0 radical (unpaired) electrons. The van der Waals surface area contributed by atoms with Gasteiger partial charge in [0, 0.05) is 6.08 Å². The molecule has 0 bridgehead atoms. The van der Waals surface area contributed by atoms with Crippen LogP contribution in [0.25, 0.3) is 6.08 Å². The Bertz CT molecular complexity index is 700. The van der Waals surface area contributed by atoms with Gasteiger partial charge in [0.2, 0.25) is 5.78 Å². The standard InChI is InChI=1S/C17H16O6/c1-20-13-5-7-16(21-2)14(10-13)15(18)11-23-17(19)8-6-12-4-3-9-22-12/h3-10H,11H2,1-2H3/b8-6+. The summed E-state index contributed by atoms with van der Waals surface area (Å²) in [5.41, 5.74) is 0.287. The van der Waals surface area contributed by atoms with E-state index in [9.17, 15) is 9.59 Å². The topological polar surface area (TPSA) is 75.0 Å². The lowest BCUT2D eigenvalue weighted by Gasteiger charge is -2.09. The molecule has 2 aromatic rings. The fraction of sp³-hybridized carbons (Fsp3) is 0.176. The van der Waals surface area contributed by atoms with Crippen molar-refractivity contribution >= 4 is 17.8 Å². The first-order valence-corrected chi connectivity index (χ1v) is 6.77. The van der Waals surface area contributed by atoms with Gasteiger partial charge in [0.05, 0.1) is 26.0 Å². The molecule has 1 aromatic heterocycles. The van der Waals surface area contributed by atoms with Crippen LogP contribution in [0.5, 0.6) is 11.5 Å². The van der Waals surface area contributed by atoms with Crippen LogP contribution in [0.4, 0.5) is 0 Å². The second-order valence-electron chi connectivity index (χ2n) is 4.45. The van der Waals surface area contributed by atoms with Crippen molar-refractivity contribution in [2.24, 2.45) is 0 Å². The molecule has 120 valence electrons. The highest BCUT2D eigenvalue weighted by molar-refractivity contribution is 6.01. The predicted octanol–water partition coefficient (Wildman–Crippen LogP) is 2.74. The lowest BCUT2D eigenvalue weighted by atomic mass is 10.1. The van der Waals surface area contributed by atoms with Crippen molar-refractivity contribution in [1.29, 1.82) is 0 Å². The van der Waals surface area contributed by atoms with E-state index in [1.54, 1.807) is 24.3 Å². The summed E-state index contributed by atoms with van der Waals surface area (Å²) < 4.78 is 20.2. The number of furan rings is 1. The van der Waals surface area contributed by atoms with Crippen LogP contribution in [-0.2, 0) is 9.53 Å². The number of Topliss-reactive ketones (excluding diaryl/α,β-unsaturated/α-hetero) is 1. The molecule has 0 aliphatic carbocycles. The number of carbonyl (C=O) groups is 2. The predicted molar refractivity (Wildman–Crippen MR) is 82.6 cm³/mol. The molecule has 0 amide bonds. The number of esters is 1. The summed E-state index contributed by atoms with van der Waals surface area (Å²) in [4.78, 5) is 23.8. The highest BCUT2D eigenvalue weighted by atomic mass is 16.5. The highest BCUT2D eigenvalue weighted by Gasteiger charge is 2.15. The smallest absolute Gasteiger partial charge is 0.331 e. The molecule has 0 aliphatic rings. The minimum Gasteiger partial charge on any atom is -0.497 e. The molecule has 0 saturated heterocycles. The molecule has 0 spiro atoms. The molecule has 0 fully saturated rings. The van der Waals surface area contributed by atoms with Crippen LogP contribution < -0.4 is 9.47 Å². The van der Waals surface area contributed by atoms with Crippen LogP contribution in [0.2, 0.25) is 0 Å². The van der Waals surface area contributed by atoms with Gasteiger partial charge in [-0.05, 0) is 36.4 Å². The average Bonchev–Trinajstić information content (AvgIpc) is 3.10. The van der Waals surface area contributed by atoms with Crippen LogP contribution in [-0.4, -0.2) is 32.6 Å². The molecule has 6 heteroatoms. The van der Waals surface area contributed by atoms with Crippen LogP contribution in [0.1, 0.15) is 16.1 Å². The Hall–Kier alpha value is -3.02. The third-order valence-corrected chi connectivity index (χ3v) is 2.98. The summed E-state index contributed by atoms with van der Waals surface area (Å²) in [6, 6.07) is 8.21. The van der Waals surface area contributed by atoms with Crippen molar-refractivity contribution in [3.63, 3.8) is 0 Å². The van der Waals surface area contributed by atoms with Gasteiger partial charge in [-0.15, -0.1) is 0 Å². The number of rotatable bonds is 7. The first-order chi connectivity index (χ1) is 11.1. The number of methoxy groups -OCH3 is 2. The highest BCUT2D eigenvalue weighted by Crippen LogP contribution is 2.24. The molecule has 6 nitrogen and oxygen atoms in total. The van der Waals surface area contributed by atoms with Gasteiger partial charge in [-0.25, -0.2) is 4.79 Å². The third kappa shape index (κ3) is 4.47. The third-order valence-electron chi connectivity index (χ3n) is 2.98. The average molecular weight is 316 g/mol. The fourth-order valence-corrected chi connectivity index (χ4v) is 1.83. The maximum Gasteiger partial charge on any atom is 0.331 e. The molecule has 0 atom stereocenters. The number of ether oxygens (including phenoxy) is 3. The molecule has 23 heavy (non-hydrogen) atoms. The van der Waals surface area contributed by atoms with Crippen molar-refractivity contribution in [2.75, 3.05) is 20.8 Å². The largest absolute Gasteiger partial charge is 0.497 e. The van der Waals surface area contributed by atoms with Gasteiger partial charge in [-0.3, -0.25) is 4.79 Å². The normalized spacial score (nSPS) is 10.5. The Balaban J connectivity index is 1.98. The van der Waals surface area contributed by atoms with Gasteiger partial charge in [0.1, 0.15) is 17.3 Å². The number of hydrogen-bond acceptors (Lipinski definition) is 6. The maximum absolute atomic E-state index is 12.2. The Morgan fingerprint density at radius 2 is 2.00 bits per heavy atom. The van der Waals surface area contributed by atoms with Crippen molar-refractivity contribution < 1.29 is 28.2 Å². The van der Waals surface area contributed by atoms with E-state index in [1.165, 1.54) is 38.7 Å². The Kier molecular flexibility index (Phi) is 5.57. The minimum atomic E-state index is -0.642. The van der Waals surface area contributed by atoms with Crippen LogP contribution >= 0.6 is 0 Å². The van der Waals surface area contributed by atoms with Gasteiger partial charge >= 0.3 is 5.97 Å². The number of hydrogen-bond donors (Lipinski definition) is 0. The second-order valence-corrected chi connectivity index (χ2v) is 4.45. The molecule has 1 heterocycles. The molecule has 0 unspecified atom stereocenters. The zero-order valence-electron chi connectivity index (χ0n) is 12.8.